The fraction of sp³-hybridized carbons (Fsp3) is 0.0952. The minimum Gasteiger partial charge on any atom is -0.396 e. The van der Waals surface area contributed by atoms with Crippen LogP contribution in [0.15, 0.2) is 60.1 Å². The van der Waals surface area contributed by atoms with Crippen LogP contribution in [0.25, 0.3) is 22.6 Å². The van der Waals surface area contributed by atoms with Crippen LogP contribution >= 0.6 is 22.9 Å². The number of aromatic nitrogens is 3. The lowest BCUT2D eigenvalue weighted by Gasteiger charge is -2.03. The molecule has 0 spiro atoms. The molecule has 0 unspecified atom stereocenters. The summed E-state index contributed by atoms with van der Waals surface area (Å²) in [5.74, 6) is 0.235. The van der Waals surface area contributed by atoms with Crippen LogP contribution in [0.2, 0.25) is 5.02 Å². The van der Waals surface area contributed by atoms with Crippen molar-refractivity contribution in [2.24, 2.45) is 0 Å². The number of nitrogens with zero attached hydrogens (tertiary/aromatic N) is 2. The highest BCUT2D eigenvalue weighted by molar-refractivity contribution is 7.13. The highest BCUT2D eigenvalue weighted by Gasteiger charge is 2.20. The second kappa shape index (κ2) is 8.57. The number of anilines is 1. The molecule has 0 saturated carbocycles. The van der Waals surface area contributed by atoms with Gasteiger partial charge in [-0.1, -0.05) is 48.0 Å². The van der Waals surface area contributed by atoms with E-state index in [4.69, 9.17) is 16.7 Å². The third-order valence-electron chi connectivity index (χ3n) is 4.33. The van der Waals surface area contributed by atoms with Gasteiger partial charge in [-0.15, -0.1) is 11.3 Å². The number of aliphatic hydroxyl groups is 1. The van der Waals surface area contributed by atoms with Crippen molar-refractivity contribution in [3.8, 4) is 22.6 Å². The first-order chi connectivity index (χ1) is 14.1. The number of nitrogens with one attached hydrogen (secondary N) is 2. The van der Waals surface area contributed by atoms with Crippen molar-refractivity contribution in [2.45, 2.75) is 6.42 Å². The number of imidazole rings is 1. The molecular formula is C21H17ClN4O2S. The van der Waals surface area contributed by atoms with Crippen LogP contribution in [-0.4, -0.2) is 32.6 Å². The Morgan fingerprint density at radius 2 is 1.83 bits per heavy atom. The molecule has 2 aromatic heterocycles. The van der Waals surface area contributed by atoms with Crippen molar-refractivity contribution < 1.29 is 9.90 Å². The molecular weight excluding hydrogens is 408 g/mol. The molecule has 0 bridgehead atoms. The van der Waals surface area contributed by atoms with Gasteiger partial charge in [-0.25, -0.2) is 9.97 Å². The summed E-state index contributed by atoms with van der Waals surface area (Å²) in [6, 6.07) is 14.9. The largest absolute Gasteiger partial charge is 0.396 e. The molecule has 8 heteroatoms. The molecule has 0 aliphatic carbocycles. The highest BCUT2D eigenvalue weighted by Crippen LogP contribution is 2.28. The Kier molecular flexibility index (Phi) is 5.71. The van der Waals surface area contributed by atoms with Gasteiger partial charge in [0.05, 0.1) is 5.69 Å². The maximum Gasteiger partial charge on any atom is 0.278 e. The zero-order valence-electron chi connectivity index (χ0n) is 15.2. The summed E-state index contributed by atoms with van der Waals surface area (Å²) in [6.45, 7) is 0.0991. The molecule has 0 atom stereocenters. The van der Waals surface area contributed by atoms with Gasteiger partial charge in [0.2, 0.25) is 0 Å². The Morgan fingerprint density at radius 3 is 2.48 bits per heavy atom. The zero-order valence-corrected chi connectivity index (χ0v) is 16.8. The molecule has 6 nitrogen and oxygen atoms in total. The first-order valence-corrected chi connectivity index (χ1v) is 10.2. The summed E-state index contributed by atoms with van der Waals surface area (Å²) >= 11 is 7.35. The maximum absolute atomic E-state index is 12.9. The Hall–Kier alpha value is -3.00. The van der Waals surface area contributed by atoms with Gasteiger partial charge in [-0.3, -0.25) is 10.1 Å². The van der Waals surface area contributed by atoms with Crippen LogP contribution in [0.4, 0.5) is 5.13 Å². The Labute approximate surface area is 176 Å². The summed E-state index contributed by atoms with van der Waals surface area (Å²) in [4.78, 5) is 24.8. The van der Waals surface area contributed by atoms with Gasteiger partial charge in [-0.05, 0) is 24.1 Å². The Morgan fingerprint density at radius 1 is 1.10 bits per heavy atom. The molecule has 3 N–H and O–H groups in total. The number of hydrogen-bond acceptors (Lipinski definition) is 5. The predicted octanol–water partition coefficient (Wildman–Crippen LogP) is 4.64. The molecule has 1 amide bonds. The predicted molar refractivity (Wildman–Crippen MR) is 115 cm³/mol. The van der Waals surface area contributed by atoms with Crippen molar-refractivity contribution in [3.05, 3.63) is 76.4 Å². The van der Waals surface area contributed by atoms with E-state index in [0.717, 1.165) is 16.7 Å². The van der Waals surface area contributed by atoms with E-state index >= 15 is 0 Å². The zero-order chi connectivity index (χ0) is 20.2. The van der Waals surface area contributed by atoms with Crippen molar-refractivity contribution in [2.75, 3.05) is 11.9 Å². The number of aromatic amines is 1. The third kappa shape index (κ3) is 4.37. The molecule has 2 aromatic carbocycles. The molecule has 0 saturated heterocycles. The van der Waals surface area contributed by atoms with E-state index in [1.54, 1.807) is 23.7 Å². The molecule has 4 aromatic rings. The lowest BCUT2D eigenvalue weighted by molar-refractivity contribution is 0.102. The normalized spacial score (nSPS) is 10.8. The quantitative estimate of drug-likeness (QED) is 0.420. The number of carbonyl (C=O) groups is 1. The smallest absolute Gasteiger partial charge is 0.278 e. The minimum absolute atomic E-state index is 0.0991. The number of thiazole rings is 1. The number of carbonyl (C=O) groups excluding carboxylic acids is 1. The summed E-state index contributed by atoms with van der Waals surface area (Å²) in [5.41, 5.74) is 3.55. The number of halogens is 1. The number of aliphatic hydroxyl groups excluding tert-OH is 1. The molecule has 0 aliphatic rings. The van der Waals surface area contributed by atoms with Gasteiger partial charge < -0.3 is 10.1 Å². The first-order valence-electron chi connectivity index (χ1n) is 8.91. The summed E-state index contributed by atoms with van der Waals surface area (Å²) in [7, 11) is 0. The van der Waals surface area contributed by atoms with Gasteiger partial charge in [-0.2, -0.15) is 0 Å². The number of hydrogen-bond donors (Lipinski definition) is 3. The Bertz CT molecular complexity index is 1110. The van der Waals surface area contributed by atoms with E-state index in [-0.39, 0.29) is 18.2 Å². The average molecular weight is 425 g/mol. The van der Waals surface area contributed by atoms with Gasteiger partial charge in [0.25, 0.3) is 5.91 Å². The van der Waals surface area contributed by atoms with E-state index in [2.05, 4.69) is 20.3 Å². The van der Waals surface area contributed by atoms with Crippen LogP contribution in [0, 0.1) is 0 Å². The third-order valence-corrected chi connectivity index (χ3v) is 5.27. The first kappa shape index (κ1) is 19.3. The highest BCUT2D eigenvalue weighted by atomic mass is 35.5. The van der Waals surface area contributed by atoms with Crippen LogP contribution in [0.1, 0.15) is 16.1 Å². The SMILES string of the molecule is O=C(Nc1nccs1)c1nc(-c2ccc(CCO)cc2)[nH]c1-c1ccc(Cl)cc1. The number of benzene rings is 2. The molecule has 4 rings (SSSR count). The van der Waals surface area contributed by atoms with E-state index in [0.29, 0.717) is 28.1 Å². The van der Waals surface area contributed by atoms with Gasteiger partial charge in [0, 0.05) is 34.3 Å². The summed E-state index contributed by atoms with van der Waals surface area (Å²) in [6.07, 6.45) is 2.22. The van der Waals surface area contributed by atoms with Gasteiger partial charge in [0.15, 0.2) is 10.8 Å². The van der Waals surface area contributed by atoms with E-state index in [1.165, 1.54) is 11.3 Å². The Balaban J connectivity index is 1.73. The number of amides is 1. The van der Waals surface area contributed by atoms with Crippen molar-refractivity contribution in [1.82, 2.24) is 15.0 Å². The van der Waals surface area contributed by atoms with Gasteiger partial charge >= 0.3 is 0 Å². The average Bonchev–Trinajstić information content (AvgIpc) is 3.39. The summed E-state index contributed by atoms with van der Waals surface area (Å²) in [5, 5.41) is 14.8. The molecule has 0 aliphatic heterocycles. The van der Waals surface area contributed by atoms with Gasteiger partial charge in [0.1, 0.15) is 5.82 Å². The lowest BCUT2D eigenvalue weighted by Crippen LogP contribution is -2.13. The maximum atomic E-state index is 12.9. The second-order valence-electron chi connectivity index (χ2n) is 6.28. The van der Waals surface area contributed by atoms with E-state index < -0.39 is 0 Å². The molecule has 0 radical (unpaired) electrons. The summed E-state index contributed by atoms with van der Waals surface area (Å²) < 4.78 is 0. The molecule has 146 valence electrons. The van der Waals surface area contributed by atoms with Crippen LogP contribution in [0.3, 0.4) is 0 Å². The van der Waals surface area contributed by atoms with Crippen molar-refractivity contribution in [1.29, 1.82) is 0 Å². The molecule has 2 heterocycles. The van der Waals surface area contributed by atoms with E-state index in [1.807, 2.05) is 36.4 Å². The lowest BCUT2D eigenvalue weighted by atomic mass is 10.1. The molecule has 0 fully saturated rings. The van der Waals surface area contributed by atoms with Crippen molar-refractivity contribution in [3.63, 3.8) is 0 Å². The number of H-pyrrole nitrogens is 1. The second-order valence-corrected chi connectivity index (χ2v) is 7.61. The van der Waals surface area contributed by atoms with Crippen LogP contribution in [-0.2, 0) is 6.42 Å². The number of rotatable bonds is 6. The van der Waals surface area contributed by atoms with Crippen LogP contribution < -0.4 is 5.32 Å². The standard InChI is InChI=1S/C21H17ClN4O2S/c22-16-7-5-14(6-8-16)17-18(20(28)26-21-23-10-12-29-21)25-19(24-17)15-3-1-13(2-4-15)9-11-27/h1-8,10,12,27H,9,11H2,(H,24,25)(H,23,26,28). The monoisotopic (exact) mass is 424 g/mol. The minimum atomic E-state index is -0.343. The van der Waals surface area contributed by atoms with Crippen molar-refractivity contribution >= 4 is 34.0 Å². The topological polar surface area (TPSA) is 90.9 Å². The van der Waals surface area contributed by atoms with Crippen LogP contribution in [0.5, 0.6) is 0 Å². The molecule has 29 heavy (non-hydrogen) atoms. The fourth-order valence-electron chi connectivity index (χ4n) is 2.90. The fourth-order valence-corrected chi connectivity index (χ4v) is 3.55. The van der Waals surface area contributed by atoms with E-state index in [9.17, 15) is 4.79 Å².